The molecule has 0 atom stereocenters. The van der Waals surface area contributed by atoms with Gasteiger partial charge in [0.25, 0.3) is 0 Å². The molecule has 1 aromatic rings. The summed E-state index contributed by atoms with van der Waals surface area (Å²) < 4.78 is 12.8. The third-order valence-electron chi connectivity index (χ3n) is 2.17. The van der Waals surface area contributed by atoms with E-state index in [1.807, 2.05) is 24.8 Å². The van der Waals surface area contributed by atoms with Gasteiger partial charge in [0.1, 0.15) is 5.82 Å². The maximum atomic E-state index is 12.8. The monoisotopic (exact) mass is 197 g/mol. The Bertz CT molecular complexity index is 310. The first-order valence-electron chi connectivity index (χ1n) is 4.39. The predicted molar refractivity (Wildman–Crippen MR) is 53.7 cm³/mol. The Kier molecular flexibility index (Phi) is 2.56. The van der Waals surface area contributed by atoms with Crippen LogP contribution in [0.3, 0.4) is 0 Å². The topological polar surface area (TPSA) is 12.0 Å². The predicted octanol–water partition coefficient (Wildman–Crippen LogP) is 2.20. The molecular weight excluding hydrogens is 185 g/mol. The first-order chi connectivity index (χ1) is 6.25. The lowest BCUT2D eigenvalue weighted by molar-refractivity contribution is 0.543. The number of nitrogens with one attached hydrogen (secondary N) is 1. The van der Waals surface area contributed by atoms with Gasteiger partial charge in [-0.25, -0.2) is 4.39 Å². The van der Waals surface area contributed by atoms with Crippen molar-refractivity contribution in [2.75, 3.05) is 13.1 Å². The van der Waals surface area contributed by atoms with Gasteiger partial charge in [-0.15, -0.1) is 11.8 Å². The van der Waals surface area contributed by atoms with E-state index in [4.69, 9.17) is 0 Å². The molecule has 1 nitrogen and oxygen atoms in total. The third-order valence-corrected chi connectivity index (χ3v) is 3.55. The Labute approximate surface area is 81.7 Å². The second-order valence-corrected chi connectivity index (χ2v) is 4.65. The van der Waals surface area contributed by atoms with Crippen molar-refractivity contribution >= 4 is 11.8 Å². The molecule has 1 N–H and O–H groups in total. The Balaban J connectivity index is 2.10. The molecule has 1 aliphatic heterocycles. The molecule has 0 spiro atoms. The zero-order valence-corrected chi connectivity index (χ0v) is 8.33. The molecule has 0 bridgehead atoms. The highest BCUT2D eigenvalue weighted by Crippen LogP contribution is 2.28. The van der Waals surface area contributed by atoms with E-state index in [1.54, 1.807) is 6.07 Å². The molecule has 0 amide bonds. The van der Waals surface area contributed by atoms with Gasteiger partial charge in [0.15, 0.2) is 0 Å². The van der Waals surface area contributed by atoms with Crippen molar-refractivity contribution < 1.29 is 4.39 Å². The highest BCUT2D eigenvalue weighted by molar-refractivity contribution is 8.00. The van der Waals surface area contributed by atoms with E-state index in [0.29, 0.717) is 5.25 Å². The number of benzene rings is 1. The van der Waals surface area contributed by atoms with Crippen LogP contribution in [0.2, 0.25) is 0 Å². The fraction of sp³-hybridized carbons (Fsp3) is 0.400. The van der Waals surface area contributed by atoms with Gasteiger partial charge in [-0.2, -0.15) is 0 Å². The van der Waals surface area contributed by atoms with Crippen molar-refractivity contribution in [1.82, 2.24) is 5.32 Å². The summed E-state index contributed by atoms with van der Waals surface area (Å²) in [7, 11) is 0. The van der Waals surface area contributed by atoms with Crippen LogP contribution < -0.4 is 5.32 Å². The van der Waals surface area contributed by atoms with E-state index >= 15 is 0 Å². The zero-order valence-electron chi connectivity index (χ0n) is 7.51. The van der Waals surface area contributed by atoms with E-state index in [0.717, 1.165) is 18.7 Å². The summed E-state index contributed by atoms with van der Waals surface area (Å²) >= 11 is 1.84. The first-order valence-corrected chi connectivity index (χ1v) is 5.27. The Morgan fingerprint density at radius 3 is 2.77 bits per heavy atom. The van der Waals surface area contributed by atoms with E-state index in [1.165, 1.54) is 11.0 Å². The van der Waals surface area contributed by atoms with Crippen molar-refractivity contribution in [1.29, 1.82) is 0 Å². The Morgan fingerprint density at radius 1 is 1.46 bits per heavy atom. The summed E-state index contributed by atoms with van der Waals surface area (Å²) in [5.74, 6) is -0.145. The molecule has 0 radical (unpaired) electrons. The molecule has 2 rings (SSSR count). The van der Waals surface area contributed by atoms with E-state index < -0.39 is 0 Å². The highest BCUT2D eigenvalue weighted by atomic mass is 32.2. The largest absolute Gasteiger partial charge is 0.314 e. The van der Waals surface area contributed by atoms with Gasteiger partial charge in [-0.1, -0.05) is 0 Å². The fourth-order valence-electron chi connectivity index (χ4n) is 1.27. The summed E-state index contributed by atoms with van der Waals surface area (Å²) in [6.07, 6.45) is 0. The molecule has 0 aromatic heterocycles. The van der Waals surface area contributed by atoms with Crippen LogP contribution in [0.15, 0.2) is 23.1 Å². The summed E-state index contributed by atoms with van der Waals surface area (Å²) in [4.78, 5) is 1.20. The van der Waals surface area contributed by atoms with Crippen molar-refractivity contribution in [3.63, 3.8) is 0 Å². The highest BCUT2D eigenvalue weighted by Gasteiger charge is 2.18. The van der Waals surface area contributed by atoms with Crippen molar-refractivity contribution in [2.45, 2.75) is 17.1 Å². The second-order valence-electron chi connectivity index (χ2n) is 3.31. The zero-order chi connectivity index (χ0) is 9.26. The Morgan fingerprint density at radius 2 is 2.23 bits per heavy atom. The van der Waals surface area contributed by atoms with Crippen molar-refractivity contribution in [3.8, 4) is 0 Å². The van der Waals surface area contributed by atoms with Gasteiger partial charge < -0.3 is 5.32 Å². The number of thioether (sulfide) groups is 1. The summed E-state index contributed by atoms with van der Waals surface area (Å²) in [5.41, 5.74) is 1.04. The SMILES string of the molecule is Cc1cc(F)ccc1SC1CNC1. The summed E-state index contributed by atoms with van der Waals surface area (Å²) in [6, 6.07) is 4.99. The standard InChI is InChI=1S/C10H12FNS/c1-7-4-8(11)2-3-10(7)13-9-5-12-6-9/h2-4,9,12H,5-6H2,1H3. The normalized spacial score (nSPS) is 17.1. The molecule has 13 heavy (non-hydrogen) atoms. The number of hydrogen-bond acceptors (Lipinski definition) is 2. The molecular formula is C10H12FNS. The Hall–Kier alpha value is -0.540. The first kappa shape index (κ1) is 9.03. The average molecular weight is 197 g/mol. The molecule has 1 saturated heterocycles. The summed E-state index contributed by atoms with van der Waals surface area (Å²) in [5, 5.41) is 3.89. The molecule has 1 heterocycles. The quantitative estimate of drug-likeness (QED) is 0.780. The van der Waals surface area contributed by atoms with E-state index in [-0.39, 0.29) is 5.82 Å². The number of rotatable bonds is 2. The van der Waals surface area contributed by atoms with E-state index in [2.05, 4.69) is 5.32 Å². The maximum Gasteiger partial charge on any atom is 0.123 e. The van der Waals surface area contributed by atoms with Crippen LogP contribution in [0.25, 0.3) is 0 Å². The number of halogens is 1. The molecule has 1 aliphatic rings. The lowest BCUT2D eigenvalue weighted by atomic mass is 10.2. The van der Waals surface area contributed by atoms with Crippen LogP contribution in [0, 0.1) is 12.7 Å². The number of hydrogen-bond donors (Lipinski definition) is 1. The molecule has 1 aromatic carbocycles. The minimum atomic E-state index is -0.145. The van der Waals surface area contributed by atoms with Gasteiger partial charge in [0.2, 0.25) is 0 Å². The lowest BCUT2D eigenvalue weighted by Crippen LogP contribution is -2.44. The maximum absolute atomic E-state index is 12.8. The smallest absolute Gasteiger partial charge is 0.123 e. The van der Waals surface area contributed by atoms with Gasteiger partial charge >= 0.3 is 0 Å². The van der Waals surface area contributed by atoms with Crippen LogP contribution >= 0.6 is 11.8 Å². The molecule has 0 aliphatic carbocycles. The average Bonchev–Trinajstić information content (AvgIpc) is 1.99. The number of aryl methyl sites for hydroxylation is 1. The molecule has 70 valence electrons. The van der Waals surface area contributed by atoms with Gasteiger partial charge in [0, 0.05) is 23.2 Å². The van der Waals surface area contributed by atoms with Crippen LogP contribution in [-0.4, -0.2) is 18.3 Å². The minimum absolute atomic E-state index is 0.145. The molecule has 1 fully saturated rings. The molecule has 3 heteroatoms. The van der Waals surface area contributed by atoms with E-state index in [9.17, 15) is 4.39 Å². The molecule has 0 saturated carbocycles. The fourth-order valence-corrected chi connectivity index (χ4v) is 2.42. The van der Waals surface area contributed by atoms with Crippen LogP contribution in [0.4, 0.5) is 4.39 Å². The van der Waals surface area contributed by atoms with Crippen LogP contribution in [-0.2, 0) is 0 Å². The van der Waals surface area contributed by atoms with Gasteiger partial charge in [-0.3, -0.25) is 0 Å². The lowest BCUT2D eigenvalue weighted by Gasteiger charge is -2.26. The van der Waals surface area contributed by atoms with Gasteiger partial charge in [-0.05, 0) is 30.7 Å². The van der Waals surface area contributed by atoms with Crippen LogP contribution in [0.1, 0.15) is 5.56 Å². The van der Waals surface area contributed by atoms with Gasteiger partial charge in [0.05, 0.1) is 0 Å². The van der Waals surface area contributed by atoms with Crippen LogP contribution in [0.5, 0.6) is 0 Å². The third kappa shape index (κ3) is 2.03. The molecule has 0 unspecified atom stereocenters. The van der Waals surface area contributed by atoms with Crippen molar-refractivity contribution in [2.24, 2.45) is 0 Å². The minimum Gasteiger partial charge on any atom is -0.314 e. The summed E-state index contributed by atoms with van der Waals surface area (Å²) in [6.45, 7) is 4.10. The second kappa shape index (κ2) is 3.68. The van der Waals surface area contributed by atoms with Crippen molar-refractivity contribution in [3.05, 3.63) is 29.6 Å².